The molecule has 0 amide bonds. The van der Waals surface area contributed by atoms with E-state index < -0.39 is 0 Å². The van der Waals surface area contributed by atoms with Crippen molar-refractivity contribution in [1.29, 1.82) is 0 Å². The van der Waals surface area contributed by atoms with E-state index >= 15 is 0 Å². The van der Waals surface area contributed by atoms with Crippen LogP contribution in [-0.4, -0.2) is 25.5 Å². The lowest BCUT2D eigenvalue weighted by Crippen LogP contribution is -2.16. The molecule has 202 valence electrons. The Bertz CT molecular complexity index is 1880. The van der Waals surface area contributed by atoms with Gasteiger partial charge in [0.2, 0.25) is 0 Å². The zero-order valence-corrected chi connectivity index (χ0v) is 23.2. The van der Waals surface area contributed by atoms with Crippen molar-refractivity contribution in [3.63, 3.8) is 0 Å². The predicted molar refractivity (Wildman–Crippen MR) is 164 cm³/mol. The number of carbonyl (C=O) groups is 1. The van der Waals surface area contributed by atoms with E-state index in [0.29, 0.717) is 11.6 Å². The fraction of sp³-hybridized carbons (Fsp3) is 0.200. The minimum Gasteiger partial charge on any atom is -0.399 e. The number of ketones is 1. The molecule has 0 saturated heterocycles. The molecular weight excluding hydrogens is 506 g/mol. The van der Waals surface area contributed by atoms with E-state index in [4.69, 9.17) is 15.8 Å². The van der Waals surface area contributed by atoms with Gasteiger partial charge in [-0.05, 0) is 72.1 Å². The third-order valence-electron chi connectivity index (χ3n) is 8.62. The zero-order valence-electron chi connectivity index (χ0n) is 23.2. The second-order valence-corrected chi connectivity index (χ2v) is 11.0. The first-order chi connectivity index (χ1) is 20.0. The topological polar surface area (TPSA) is 86.7 Å². The molecule has 1 fully saturated rings. The molecule has 3 aromatic carbocycles. The van der Waals surface area contributed by atoms with Gasteiger partial charge >= 0.3 is 0 Å². The Balaban J connectivity index is 1.49. The summed E-state index contributed by atoms with van der Waals surface area (Å²) in [6.07, 6.45) is 5.21. The van der Waals surface area contributed by atoms with Crippen LogP contribution in [0.2, 0.25) is 0 Å². The molecule has 6 nitrogen and oxygen atoms in total. The highest BCUT2D eigenvalue weighted by atomic mass is 16.1. The van der Waals surface area contributed by atoms with Gasteiger partial charge in [0.1, 0.15) is 12.0 Å². The Morgan fingerprint density at radius 1 is 1.02 bits per heavy atom. The monoisotopic (exact) mass is 537 g/mol. The maximum Gasteiger partial charge on any atom is 0.193 e. The molecule has 2 aliphatic rings. The lowest BCUT2D eigenvalue weighted by atomic mass is 9.87. The first-order valence-electron chi connectivity index (χ1n) is 14.2. The van der Waals surface area contributed by atoms with Crippen LogP contribution in [0.1, 0.15) is 65.0 Å². The highest BCUT2D eigenvalue weighted by Gasteiger charge is 2.49. The van der Waals surface area contributed by atoms with Crippen LogP contribution in [0.5, 0.6) is 0 Å². The molecule has 0 radical (unpaired) electrons. The molecule has 2 aliphatic carbocycles. The minimum atomic E-state index is -0.213. The van der Waals surface area contributed by atoms with Crippen molar-refractivity contribution in [2.45, 2.75) is 38.6 Å². The van der Waals surface area contributed by atoms with Crippen LogP contribution in [0.15, 0.2) is 91.3 Å². The summed E-state index contributed by atoms with van der Waals surface area (Å²) in [7, 11) is 0. The Morgan fingerprint density at radius 3 is 2.61 bits per heavy atom. The predicted octanol–water partition coefficient (Wildman–Crippen LogP) is 7.30. The van der Waals surface area contributed by atoms with Gasteiger partial charge in [0.25, 0.3) is 0 Å². The van der Waals surface area contributed by atoms with E-state index in [1.54, 1.807) is 6.33 Å². The van der Waals surface area contributed by atoms with Gasteiger partial charge in [-0.1, -0.05) is 74.2 Å². The van der Waals surface area contributed by atoms with Crippen LogP contribution >= 0.6 is 0 Å². The summed E-state index contributed by atoms with van der Waals surface area (Å²) in [4.78, 5) is 23.8. The number of anilines is 1. The highest BCUT2D eigenvalue weighted by Crippen LogP contribution is 2.59. The van der Waals surface area contributed by atoms with Crippen LogP contribution in [0.25, 0.3) is 33.9 Å². The van der Waals surface area contributed by atoms with E-state index in [2.05, 4.69) is 37.5 Å². The zero-order chi connectivity index (χ0) is 28.2. The van der Waals surface area contributed by atoms with Crippen LogP contribution < -0.4 is 5.73 Å². The molecule has 41 heavy (non-hydrogen) atoms. The number of aromatic nitrogens is 4. The van der Waals surface area contributed by atoms with Gasteiger partial charge in [-0.2, -0.15) is 5.10 Å². The molecule has 7 rings (SSSR count). The number of hydrogen-bond acceptors (Lipinski definition) is 5. The fourth-order valence-corrected chi connectivity index (χ4v) is 6.54. The van der Waals surface area contributed by atoms with Crippen LogP contribution in [-0.2, 0) is 6.42 Å². The molecule has 2 N–H and O–H groups in total. The first kappa shape index (κ1) is 25.1. The number of allylic oxidation sites excluding steroid dienone is 2. The fourth-order valence-electron chi connectivity index (χ4n) is 6.54. The number of nitrogen functional groups attached to an aromatic ring is 1. The summed E-state index contributed by atoms with van der Waals surface area (Å²) in [6.45, 7) is 8.21. The number of nitrogens with two attached hydrogens (primary N) is 1. The Kier molecular flexibility index (Phi) is 5.93. The third-order valence-corrected chi connectivity index (χ3v) is 8.62. The third kappa shape index (κ3) is 4.01. The molecule has 6 heteroatoms. The number of aryl methyl sites for hydroxylation is 1. The van der Waals surface area contributed by atoms with Crippen LogP contribution in [0.3, 0.4) is 0 Å². The molecule has 0 aliphatic heterocycles. The van der Waals surface area contributed by atoms with Gasteiger partial charge in [0.15, 0.2) is 11.4 Å². The molecule has 0 bridgehead atoms. The Morgan fingerprint density at radius 2 is 1.83 bits per heavy atom. The second kappa shape index (κ2) is 9.66. The maximum absolute atomic E-state index is 14.4. The quantitative estimate of drug-likeness (QED) is 0.230. The van der Waals surface area contributed by atoms with Gasteiger partial charge in [0.05, 0.1) is 17.1 Å². The van der Waals surface area contributed by atoms with Crippen LogP contribution in [0.4, 0.5) is 5.69 Å². The molecular formula is C35H31N5O. The molecule has 3 atom stereocenters. The molecule has 2 heterocycles. The summed E-state index contributed by atoms with van der Waals surface area (Å²) in [5.74, 6) is 0.619. The largest absolute Gasteiger partial charge is 0.399 e. The van der Waals surface area contributed by atoms with Crippen molar-refractivity contribution in [2.24, 2.45) is 5.92 Å². The van der Waals surface area contributed by atoms with Gasteiger partial charge in [0, 0.05) is 22.4 Å². The van der Waals surface area contributed by atoms with Gasteiger partial charge < -0.3 is 5.73 Å². The number of carbonyl (C=O) groups excluding carboxylic acids is 1. The van der Waals surface area contributed by atoms with Crippen LogP contribution in [0, 0.1) is 5.92 Å². The number of benzene rings is 3. The number of nitrogens with zero attached hydrogens (tertiary/aromatic N) is 4. The Labute approximate surface area is 239 Å². The average molecular weight is 538 g/mol. The lowest BCUT2D eigenvalue weighted by molar-refractivity contribution is 0.105. The van der Waals surface area contributed by atoms with E-state index in [-0.39, 0.29) is 17.7 Å². The average Bonchev–Trinajstić information content (AvgIpc) is 3.72. The van der Waals surface area contributed by atoms with Gasteiger partial charge in [-0.3, -0.25) is 4.79 Å². The van der Waals surface area contributed by atoms with Crippen molar-refractivity contribution >= 4 is 34.2 Å². The Hall–Kier alpha value is -4.84. The number of hydrogen-bond donors (Lipinski definition) is 1. The summed E-state index contributed by atoms with van der Waals surface area (Å²) in [5, 5.41) is 6.15. The SMILES string of the molecule is C=Cc1cccc(C2=C(C(C)n3nc(-c4ccc(N)cc4)c4c(CC)ncnc43)C3CC3c3ccccc3C2=O)c1. The smallest absolute Gasteiger partial charge is 0.193 e. The first-order valence-corrected chi connectivity index (χ1v) is 14.2. The lowest BCUT2D eigenvalue weighted by Gasteiger charge is -2.21. The van der Waals surface area contributed by atoms with Gasteiger partial charge in [-0.15, -0.1) is 0 Å². The molecule has 2 aromatic heterocycles. The summed E-state index contributed by atoms with van der Waals surface area (Å²) < 4.78 is 2.01. The molecule has 3 unspecified atom stereocenters. The van der Waals surface area contributed by atoms with E-state index in [9.17, 15) is 4.79 Å². The van der Waals surface area contributed by atoms with E-state index in [0.717, 1.165) is 74.2 Å². The second-order valence-electron chi connectivity index (χ2n) is 11.0. The van der Waals surface area contributed by atoms with Crippen molar-refractivity contribution in [1.82, 2.24) is 19.7 Å². The van der Waals surface area contributed by atoms with E-state index in [1.165, 1.54) is 0 Å². The van der Waals surface area contributed by atoms with Crippen molar-refractivity contribution < 1.29 is 4.79 Å². The summed E-state index contributed by atoms with van der Waals surface area (Å²) in [6, 6.07) is 23.8. The molecule has 1 saturated carbocycles. The molecule has 5 aromatic rings. The summed E-state index contributed by atoms with van der Waals surface area (Å²) in [5.41, 5.74) is 15.9. The van der Waals surface area contributed by atoms with Crippen molar-refractivity contribution in [2.75, 3.05) is 5.73 Å². The number of Topliss-reactive ketones (excluding diaryl/α,β-unsaturated/α-hetero) is 1. The van der Waals surface area contributed by atoms with Crippen molar-refractivity contribution in [3.05, 3.63) is 119 Å². The maximum atomic E-state index is 14.4. The standard InChI is InChI=1S/C35H31N5O/c1-4-21-9-8-10-23(17-21)31-30(28-18-27(28)25-11-6-7-12-26(25)34(31)41)20(3)40-35-32(29(5-2)37-19-38-35)33(39-40)22-13-15-24(36)16-14-22/h4,6-17,19-20,27-28H,1,5,18,36H2,2-3H3. The highest BCUT2D eigenvalue weighted by molar-refractivity contribution is 6.31. The van der Waals surface area contributed by atoms with E-state index in [1.807, 2.05) is 71.4 Å². The minimum absolute atomic E-state index is 0.0648. The summed E-state index contributed by atoms with van der Waals surface area (Å²) >= 11 is 0. The van der Waals surface area contributed by atoms with Crippen molar-refractivity contribution in [3.8, 4) is 11.3 Å². The van der Waals surface area contributed by atoms with Gasteiger partial charge in [-0.25, -0.2) is 14.6 Å². The normalized spacial score (nSPS) is 18.5. The molecule has 0 spiro atoms. The number of rotatable bonds is 6. The number of fused-ring (bicyclic) bond motifs is 4.